The maximum Gasteiger partial charge on any atom is 0.303 e. The van der Waals surface area contributed by atoms with Crippen LogP contribution in [0.15, 0.2) is 43.2 Å². The summed E-state index contributed by atoms with van der Waals surface area (Å²) in [6.07, 6.45) is 5.33. The van der Waals surface area contributed by atoms with Crippen molar-refractivity contribution in [1.29, 1.82) is 0 Å². The molecule has 1 N–H and O–H groups in total. The average Bonchev–Trinajstić information content (AvgIpc) is 2.93. The number of carboxylic acid groups (broad SMARTS) is 1. The summed E-state index contributed by atoms with van der Waals surface area (Å²) >= 11 is 6.58. The molecule has 1 amide bonds. The molecule has 39 heavy (non-hydrogen) atoms. The zero-order chi connectivity index (χ0) is 27.9. The van der Waals surface area contributed by atoms with Gasteiger partial charge in [0.15, 0.2) is 5.82 Å². The third kappa shape index (κ3) is 6.44. The highest BCUT2D eigenvalue weighted by molar-refractivity contribution is 6.34. The van der Waals surface area contributed by atoms with Gasteiger partial charge in [0.2, 0.25) is 5.91 Å². The maximum atomic E-state index is 16.0. The predicted molar refractivity (Wildman–Crippen MR) is 145 cm³/mol. The Balaban J connectivity index is 1.58. The molecule has 2 heterocycles. The third-order valence-electron chi connectivity index (χ3n) is 6.63. The lowest BCUT2D eigenvalue weighted by Crippen LogP contribution is -2.48. The lowest BCUT2D eigenvalue weighted by atomic mass is 10.0. The van der Waals surface area contributed by atoms with E-state index in [0.717, 1.165) is 12.8 Å². The summed E-state index contributed by atoms with van der Waals surface area (Å²) in [5, 5.41) is 9.10. The minimum atomic E-state index is -0.829. The van der Waals surface area contributed by atoms with E-state index in [2.05, 4.69) is 16.5 Å². The molecule has 0 aliphatic carbocycles. The molecular weight excluding hydrogens is 530 g/mol. The highest BCUT2D eigenvalue weighted by Crippen LogP contribution is 2.42. The Morgan fingerprint density at radius 2 is 1.82 bits per heavy atom. The summed E-state index contributed by atoms with van der Waals surface area (Å²) in [5.74, 6) is -1.83. The SMILES string of the molecule is C=CC(=O)N1CCN(c2ncnc3c(F)c(-c4c(F)cccc4OCCCCCCC(=O)O)c(Cl)cc23)CC1. The summed E-state index contributed by atoms with van der Waals surface area (Å²) in [7, 11) is 0. The predicted octanol–water partition coefficient (Wildman–Crippen LogP) is 5.48. The van der Waals surface area contributed by atoms with Gasteiger partial charge in [-0.3, -0.25) is 9.59 Å². The highest BCUT2D eigenvalue weighted by atomic mass is 35.5. The van der Waals surface area contributed by atoms with E-state index in [1.54, 1.807) is 11.0 Å². The average molecular weight is 559 g/mol. The van der Waals surface area contributed by atoms with E-state index in [0.29, 0.717) is 50.2 Å². The van der Waals surface area contributed by atoms with Gasteiger partial charge >= 0.3 is 5.97 Å². The molecule has 11 heteroatoms. The number of carboxylic acids is 1. The largest absolute Gasteiger partial charge is 0.493 e. The van der Waals surface area contributed by atoms with Crippen molar-refractivity contribution >= 4 is 40.2 Å². The van der Waals surface area contributed by atoms with Gasteiger partial charge in [-0.05, 0) is 37.1 Å². The van der Waals surface area contributed by atoms with Crippen LogP contribution in [0.2, 0.25) is 5.02 Å². The van der Waals surface area contributed by atoms with Crippen molar-refractivity contribution in [2.45, 2.75) is 32.1 Å². The number of anilines is 1. The fourth-order valence-electron chi connectivity index (χ4n) is 4.65. The minimum Gasteiger partial charge on any atom is -0.493 e. The van der Waals surface area contributed by atoms with Crippen LogP contribution >= 0.6 is 11.6 Å². The molecule has 0 unspecified atom stereocenters. The first kappa shape index (κ1) is 28.2. The summed E-state index contributed by atoms with van der Waals surface area (Å²) in [6.45, 7) is 5.65. The van der Waals surface area contributed by atoms with Crippen LogP contribution in [-0.4, -0.2) is 64.6 Å². The van der Waals surface area contributed by atoms with Crippen LogP contribution in [0.1, 0.15) is 32.1 Å². The van der Waals surface area contributed by atoms with Gasteiger partial charge in [0.05, 0.1) is 17.2 Å². The molecule has 4 rings (SSSR count). The number of rotatable bonds is 11. The smallest absolute Gasteiger partial charge is 0.303 e. The number of piperazine rings is 1. The second-order valence-corrected chi connectivity index (χ2v) is 9.58. The second kappa shape index (κ2) is 12.8. The topological polar surface area (TPSA) is 95.9 Å². The standard InChI is InChI=1S/C28H29ClF2N4O4/c1-2-22(36)34-11-13-35(14-12-34)28-18-16-19(29)24(26(31)27(18)32-17-33-28)25-20(30)8-7-9-21(25)39-15-6-4-3-5-10-23(37)38/h2,7-9,16-17H,1,3-6,10-15H2,(H,37,38). The summed E-state index contributed by atoms with van der Waals surface area (Å²) in [4.78, 5) is 34.7. The Morgan fingerprint density at radius 1 is 1.08 bits per heavy atom. The quantitative estimate of drug-likeness (QED) is 0.246. The van der Waals surface area contributed by atoms with Gasteiger partial charge in [0.1, 0.15) is 29.2 Å². The fourth-order valence-corrected chi connectivity index (χ4v) is 4.93. The second-order valence-electron chi connectivity index (χ2n) is 9.18. The van der Waals surface area contributed by atoms with Crippen molar-refractivity contribution in [3.63, 3.8) is 0 Å². The minimum absolute atomic E-state index is 0.00312. The molecule has 0 spiro atoms. The van der Waals surface area contributed by atoms with E-state index in [1.807, 2.05) is 4.90 Å². The molecule has 206 valence electrons. The number of amides is 1. The molecule has 1 fully saturated rings. The molecule has 1 aliphatic rings. The number of hydrogen-bond donors (Lipinski definition) is 1. The van der Waals surface area contributed by atoms with E-state index >= 15 is 8.78 Å². The Morgan fingerprint density at radius 3 is 2.54 bits per heavy atom. The molecule has 1 aliphatic heterocycles. The van der Waals surface area contributed by atoms with Crippen LogP contribution < -0.4 is 9.64 Å². The van der Waals surface area contributed by atoms with Crippen LogP contribution in [0.25, 0.3) is 22.0 Å². The van der Waals surface area contributed by atoms with E-state index in [-0.39, 0.29) is 46.4 Å². The van der Waals surface area contributed by atoms with Crippen molar-refractivity contribution in [2.75, 3.05) is 37.7 Å². The fraction of sp³-hybridized carbons (Fsp3) is 0.357. The molecule has 1 saturated heterocycles. The molecule has 0 saturated carbocycles. The first-order chi connectivity index (χ1) is 18.8. The molecule has 0 bridgehead atoms. The van der Waals surface area contributed by atoms with Crippen LogP contribution in [0.4, 0.5) is 14.6 Å². The van der Waals surface area contributed by atoms with Gasteiger partial charge < -0.3 is 19.6 Å². The van der Waals surface area contributed by atoms with Crippen LogP contribution in [0, 0.1) is 11.6 Å². The van der Waals surface area contributed by atoms with E-state index in [1.165, 1.54) is 30.6 Å². The number of hydrogen-bond acceptors (Lipinski definition) is 6. The van der Waals surface area contributed by atoms with Gasteiger partial charge in [-0.2, -0.15) is 0 Å². The van der Waals surface area contributed by atoms with Gasteiger partial charge in [-0.1, -0.05) is 37.1 Å². The number of carbonyl (C=O) groups is 2. The lowest BCUT2D eigenvalue weighted by Gasteiger charge is -2.35. The number of fused-ring (bicyclic) bond motifs is 1. The van der Waals surface area contributed by atoms with Gasteiger partial charge in [-0.25, -0.2) is 18.7 Å². The first-order valence-electron chi connectivity index (χ1n) is 12.7. The number of benzene rings is 2. The number of ether oxygens (including phenoxy) is 1. The van der Waals surface area contributed by atoms with Crippen molar-refractivity contribution in [2.24, 2.45) is 0 Å². The van der Waals surface area contributed by atoms with Crippen molar-refractivity contribution in [3.8, 4) is 16.9 Å². The molecule has 0 atom stereocenters. The Kier molecular flexibility index (Phi) is 9.29. The molecule has 3 aromatic rings. The Hall–Kier alpha value is -3.79. The molecule has 8 nitrogen and oxygen atoms in total. The zero-order valence-electron chi connectivity index (χ0n) is 21.3. The molecule has 1 aromatic heterocycles. The van der Waals surface area contributed by atoms with Crippen molar-refractivity contribution < 1.29 is 28.2 Å². The molecule has 2 aromatic carbocycles. The summed E-state index contributed by atoms with van der Waals surface area (Å²) in [6, 6.07) is 5.78. The zero-order valence-corrected chi connectivity index (χ0v) is 22.1. The van der Waals surface area contributed by atoms with Crippen molar-refractivity contribution in [3.05, 3.63) is 59.9 Å². The summed E-state index contributed by atoms with van der Waals surface area (Å²) in [5.41, 5.74) is -0.245. The van der Waals surface area contributed by atoms with Crippen LogP contribution in [0.5, 0.6) is 5.75 Å². The Bertz CT molecular complexity index is 1380. The van der Waals surface area contributed by atoms with Crippen molar-refractivity contribution in [1.82, 2.24) is 14.9 Å². The van der Waals surface area contributed by atoms with E-state index < -0.39 is 17.6 Å². The van der Waals surface area contributed by atoms with Gasteiger partial charge in [0, 0.05) is 43.5 Å². The number of aromatic nitrogens is 2. The third-order valence-corrected chi connectivity index (χ3v) is 6.93. The summed E-state index contributed by atoms with van der Waals surface area (Å²) < 4.78 is 36.9. The molecular formula is C28H29ClF2N4O4. The maximum absolute atomic E-state index is 16.0. The first-order valence-corrected chi connectivity index (χ1v) is 13.1. The van der Waals surface area contributed by atoms with Gasteiger partial charge in [-0.15, -0.1) is 0 Å². The Labute approximate surface area is 229 Å². The molecule has 0 radical (unpaired) electrons. The van der Waals surface area contributed by atoms with E-state index in [9.17, 15) is 9.59 Å². The number of aliphatic carboxylic acids is 1. The lowest BCUT2D eigenvalue weighted by molar-refractivity contribution is -0.137. The number of carbonyl (C=O) groups excluding carboxylic acids is 1. The monoisotopic (exact) mass is 558 g/mol. The highest BCUT2D eigenvalue weighted by Gasteiger charge is 2.26. The normalized spacial score (nSPS) is 13.5. The van der Waals surface area contributed by atoms with E-state index in [4.69, 9.17) is 21.4 Å². The van der Waals surface area contributed by atoms with Crippen LogP contribution in [-0.2, 0) is 9.59 Å². The van der Waals surface area contributed by atoms with Crippen LogP contribution in [0.3, 0.4) is 0 Å². The number of halogens is 3. The van der Waals surface area contributed by atoms with Gasteiger partial charge in [0.25, 0.3) is 0 Å². The number of unbranched alkanes of at least 4 members (excludes halogenated alkanes) is 3. The number of nitrogens with zero attached hydrogens (tertiary/aromatic N) is 4.